The predicted octanol–water partition coefficient (Wildman–Crippen LogP) is 2.88. The molecule has 1 amide bonds. The van der Waals surface area contributed by atoms with Crippen LogP contribution in [0.4, 0.5) is 0 Å². The second-order valence-corrected chi connectivity index (χ2v) is 5.86. The maximum atomic E-state index is 12.1. The normalized spacial score (nSPS) is 14.1. The number of hydrogen-bond acceptors (Lipinski definition) is 2. The molecule has 20 heavy (non-hydrogen) atoms. The lowest BCUT2D eigenvalue weighted by molar-refractivity contribution is -0.123. The molecule has 0 aliphatic rings. The number of carbonyl (C=O) groups excluding carboxylic acids is 1. The van der Waals surface area contributed by atoms with Gasteiger partial charge in [-0.1, -0.05) is 45.0 Å². The van der Waals surface area contributed by atoms with Gasteiger partial charge in [0.15, 0.2) is 0 Å². The summed E-state index contributed by atoms with van der Waals surface area (Å²) in [6, 6.07) is 8.11. The Morgan fingerprint density at radius 3 is 2.25 bits per heavy atom. The second kappa shape index (κ2) is 8.05. The first kappa shape index (κ1) is 16.7. The molecule has 0 saturated carbocycles. The minimum absolute atomic E-state index is 0.0116. The molecule has 3 heteroatoms. The SMILES string of the molecule is CCC(CO)NC(=O)C(C)c1ccc(CC(C)C)cc1. The quantitative estimate of drug-likeness (QED) is 0.805. The zero-order valence-electron chi connectivity index (χ0n) is 13.0. The van der Waals surface area contributed by atoms with E-state index in [4.69, 9.17) is 5.11 Å². The number of carbonyl (C=O) groups is 1. The van der Waals surface area contributed by atoms with Gasteiger partial charge in [0.2, 0.25) is 5.91 Å². The van der Waals surface area contributed by atoms with Crippen molar-refractivity contribution < 1.29 is 9.90 Å². The van der Waals surface area contributed by atoms with Crippen LogP contribution in [0.3, 0.4) is 0 Å². The maximum absolute atomic E-state index is 12.1. The topological polar surface area (TPSA) is 49.3 Å². The van der Waals surface area contributed by atoms with Crippen molar-refractivity contribution in [1.82, 2.24) is 5.32 Å². The number of nitrogens with one attached hydrogen (secondary N) is 1. The second-order valence-electron chi connectivity index (χ2n) is 5.86. The van der Waals surface area contributed by atoms with Crippen LogP contribution in [0.25, 0.3) is 0 Å². The van der Waals surface area contributed by atoms with Crippen molar-refractivity contribution in [2.75, 3.05) is 6.61 Å². The van der Waals surface area contributed by atoms with Gasteiger partial charge in [0.25, 0.3) is 0 Å². The van der Waals surface area contributed by atoms with E-state index in [-0.39, 0.29) is 24.5 Å². The highest BCUT2D eigenvalue weighted by atomic mass is 16.3. The monoisotopic (exact) mass is 277 g/mol. The van der Waals surface area contributed by atoms with Gasteiger partial charge in [-0.25, -0.2) is 0 Å². The molecule has 0 bridgehead atoms. The highest BCUT2D eigenvalue weighted by Crippen LogP contribution is 2.18. The molecule has 0 aliphatic carbocycles. The van der Waals surface area contributed by atoms with Gasteiger partial charge in [0, 0.05) is 0 Å². The number of rotatable bonds is 7. The van der Waals surface area contributed by atoms with Crippen molar-refractivity contribution in [1.29, 1.82) is 0 Å². The van der Waals surface area contributed by atoms with Crippen LogP contribution >= 0.6 is 0 Å². The lowest BCUT2D eigenvalue weighted by atomic mass is 9.96. The summed E-state index contributed by atoms with van der Waals surface area (Å²) in [5.74, 6) is 0.419. The standard InChI is InChI=1S/C17H27NO2/c1-5-16(11-19)18-17(20)13(4)15-8-6-14(7-9-15)10-12(2)3/h6-9,12-13,16,19H,5,10-11H2,1-4H3,(H,18,20). The van der Waals surface area contributed by atoms with Crippen LogP contribution < -0.4 is 5.32 Å². The minimum atomic E-state index is -0.191. The third-order valence-corrected chi connectivity index (χ3v) is 3.58. The van der Waals surface area contributed by atoms with Crippen LogP contribution in [0.5, 0.6) is 0 Å². The molecule has 0 aromatic heterocycles. The van der Waals surface area contributed by atoms with Gasteiger partial charge in [-0.3, -0.25) is 4.79 Å². The van der Waals surface area contributed by atoms with Gasteiger partial charge in [-0.05, 0) is 36.8 Å². The van der Waals surface area contributed by atoms with E-state index in [9.17, 15) is 4.79 Å². The Balaban J connectivity index is 2.67. The van der Waals surface area contributed by atoms with E-state index >= 15 is 0 Å². The van der Waals surface area contributed by atoms with E-state index in [1.165, 1.54) is 5.56 Å². The zero-order chi connectivity index (χ0) is 15.1. The number of aliphatic hydroxyl groups excluding tert-OH is 1. The van der Waals surface area contributed by atoms with Crippen LogP contribution in [-0.2, 0) is 11.2 Å². The lowest BCUT2D eigenvalue weighted by Gasteiger charge is -2.18. The Kier molecular flexibility index (Phi) is 6.73. The van der Waals surface area contributed by atoms with Crippen molar-refractivity contribution in [3.8, 4) is 0 Å². The van der Waals surface area contributed by atoms with Gasteiger partial charge in [-0.2, -0.15) is 0 Å². The van der Waals surface area contributed by atoms with Gasteiger partial charge in [-0.15, -0.1) is 0 Å². The molecule has 2 atom stereocenters. The fourth-order valence-corrected chi connectivity index (χ4v) is 2.17. The van der Waals surface area contributed by atoms with Crippen molar-refractivity contribution in [3.05, 3.63) is 35.4 Å². The Hall–Kier alpha value is -1.35. The zero-order valence-corrected chi connectivity index (χ0v) is 13.0. The molecule has 0 radical (unpaired) electrons. The van der Waals surface area contributed by atoms with E-state index in [1.807, 2.05) is 26.0 Å². The summed E-state index contributed by atoms with van der Waals surface area (Å²) in [6.07, 6.45) is 1.80. The van der Waals surface area contributed by atoms with Gasteiger partial charge < -0.3 is 10.4 Å². The number of aliphatic hydroxyl groups is 1. The molecular formula is C17H27NO2. The first-order valence-electron chi connectivity index (χ1n) is 7.48. The molecule has 1 rings (SSSR count). The van der Waals surface area contributed by atoms with Crippen LogP contribution in [0, 0.1) is 5.92 Å². The molecule has 112 valence electrons. The summed E-state index contributed by atoms with van der Waals surface area (Å²) >= 11 is 0. The molecule has 1 aromatic carbocycles. The minimum Gasteiger partial charge on any atom is -0.394 e. The molecule has 1 aromatic rings. The summed E-state index contributed by atoms with van der Waals surface area (Å²) in [7, 11) is 0. The average molecular weight is 277 g/mol. The van der Waals surface area contributed by atoms with E-state index in [0.29, 0.717) is 5.92 Å². The van der Waals surface area contributed by atoms with Crippen molar-refractivity contribution >= 4 is 5.91 Å². The highest BCUT2D eigenvalue weighted by Gasteiger charge is 2.17. The Labute approximate surface area is 122 Å². The Morgan fingerprint density at radius 1 is 1.20 bits per heavy atom. The third-order valence-electron chi connectivity index (χ3n) is 3.58. The summed E-state index contributed by atoms with van der Waals surface area (Å²) < 4.78 is 0. The maximum Gasteiger partial charge on any atom is 0.227 e. The van der Waals surface area contributed by atoms with Crippen LogP contribution in [0.2, 0.25) is 0 Å². The molecule has 3 nitrogen and oxygen atoms in total. The summed E-state index contributed by atoms with van der Waals surface area (Å²) in [5, 5.41) is 12.0. The third kappa shape index (κ3) is 4.97. The largest absolute Gasteiger partial charge is 0.394 e. The summed E-state index contributed by atoms with van der Waals surface area (Å²) in [5.41, 5.74) is 2.32. The number of amides is 1. The molecule has 0 aliphatic heterocycles. The first-order chi connectivity index (χ1) is 9.47. The fraction of sp³-hybridized carbons (Fsp3) is 0.588. The molecule has 0 heterocycles. The van der Waals surface area contributed by atoms with E-state index in [1.54, 1.807) is 0 Å². The molecule has 2 unspecified atom stereocenters. The molecule has 2 N–H and O–H groups in total. The Morgan fingerprint density at radius 2 is 1.80 bits per heavy atom. The van der Waals surface area contributed by atoms with Crippen molar-refractivity contribution in [3.63, 3.8) is 0 Å². The first-order valence-corrected chi connectivity index (χ1v) is 7.48. The summed E-state index contributed by atoms with van der Waals surface area (Å²) in [6.45, 7) is 8.24. The lowest BCUT2D eigenvalue weighted by Crippen LogP contribution is -2.39. The predicted molar refractivity (Wildman–Crippen MR) is 82.7 cm³/mol. The van der Waals surface area contributed by atoms with Crippen LogP contribution in [0.15, 0.2) is 24.3 Å². The number of hydrogen-bond donors (Lipinski definition) is 2. The number of benzene rings is 1. The van der Waals surface area contributed by atoms with E-state index < -0.39 is 0 Å². The van der Waals surface area contributed by atoms with Crippen molar-refractivity contribution in [2.24, 2.45) is 5.92 Å². The van der Waals surface area contributed by atoms with Crippen LogP contribution in [0.1, 0.15) is 51.2 Å². The van der Waals surface area contributed by atoms with Crippen molar-refractivity contribution in [2.45, 2.75) is 52.5 Å². The molecular weight excluding hydrogens is 250 g/mol. The Bertz CT molecular complexity index is 408. The van der Waals surface area contributed by atoms with Gasteiger partial charge in [0.05, 0.1) is 18.6 Å². The van der Waals surface area contributed by atoms with E-state index in [2.05, 4.69) is 31.3 Å². The van der Waals surface area contributed by atoms with E-state index in [0.717, 1.165) is 18.4 Å². The van der Waals surface area contributed by atoms with Gasteiger partial charge in [0.1, 0.15) is 0 Å². The smallest absolute Gasteiger partial charge is 0.227 e. The summed E-state index contributed by atoms with van der Waals surface area (Å²) in [4.78, 5) is 12.1. The molecule has 0 spiro atoms. The molecule has 0 saturated heterocycles. The highest BCUT2D eigenvalue weighted by molar-refractivity contribution is 5.83. The average Bonchev–Trinajstić information content (AvgIpc) is 2.43. The fourth-order valence-electron chi connectivity index (χ4n) is 2.17. The van der Waals surface area contributed by atoms with Gasteiger partial charge >= 0.3 is 0 Å². The molecule has 0 fully saturated rings. The van der Waals surface area contributed by atoms with Crippen LogP contribution in [-0.4, -0.2) is 23.7 Å².